The summed E-state index contributed by atoms with van der Waals surface area (Å²) in [5, 5.41) is 6.58. The number of anilines is 1. The fraction of sp³-hybridized carbons (Fsp3) is 0.471. The lowest BCUT2D eigenvalue weighted by atomic mass is 10.1. The molecule has 5 heteroatoms. The molecule has 1 N–H and O–H groups in total. The molecule has 2 heterocycles. The lowest BCUT2D eigenvalue weighted by molar-refractivity contribution is 0.210. The van der Waals surface area contributed by atoms with Gasteiger partial charge in [-0.05, 0) is 49.9 Å². The van der Waals surface area contributed by atoms with Crippen molar-refractivity contribution in [1.82, 2.24) is 9.88 Å². The van der Waals surface area contributed by atoms with E-state index < -0.39 is 0 Å². The van der Waals surface area contributed by atoms with Gasteiger partial charge in [0.05, 0.1) is 5.69 Å². The molecular weight excluding hydrogens is 297 g/mol. The first-order chi connectivity index (χ1) is 10.8. The highest BCUT2D eigenvalue weighted by Gasteiger charge is 2.31. The number of rotatable bonds is 4. The minimum atomic E-state index is -0.209. The molecule has 116 valence electrons. The van der Waals surface area contributed by atoms with Crippen LogP contribution in [0.3, 0.4) is 0 Å². The first-order valence-corrected chi connectivity index (χ1v) is 8.88. The number of benzene rings is 1. The van der Waals surface area contributed by atoms with E-state index in [2.05, 4.69) is 15.2 Å². The van der Waals surface area contributed by atoms with Crippen molar-refractivity contribution in [3.63, 3.8) is 0 Å². The summed E-state index contributed by atoms with van der Waals surface area (Å²) in [4.78, 5) is 7.27. The zero-order valence-corrected chi connectivity index (χ0v) is 13.3. The van der Waals surface area contributed by atoms with Gasteiger partial charge in [0.1, 0.15) is 5.82 Å². The summed E-state index contributed by atoms with van der Waals surface area (Å²) in [5.41, 5.74) is 1.89. The maximum Gasteiger partial charge on any atom is 0.183 e. The molecule has 1 saturated carbocycles. The summed E-state index contributed by atoms with van der Waals surface area (Å²) >= 11 is 1.63. The van der Waals surface area contributed by atoms with Crippen LogP contribution >= 0.6 is 11.3 Å². The molecule has 0 radical (unpaired) electrons. The third-order valence-electron chi connectivity index (χ3n) is 4.56. The standard InChI is InChI=1S/C17H20FN3S/c18-13-3-1-12(2-4-13)16-11-22-17(20-16)19-14-7-9-21(10-8-14)15-5-6-15/h1-4,11,14-15H,5-10H2,(H,19,20). The van der Waals surface area contributed by atoms with Crippen molar-refractivity contribution in [2.45, 2.75) is 37.8 Å². The van der Waals surface area contributed by atoms with Crippen LogP contribution in [0, 0.1) is 5.82 Å². The van der Waals surface area contributed by atoms with Crippen molar-refractivity contribution in [2.75, 3.05) is 18.4 Å². The van der Waals surface area contributed by atoms with Gasteiger partial charge in [-0.3, -0.25) is 0 Å². The largest absolute Gasteiger partial charge is 0.359 e. The van der Waals surface area contributed by atoms with Crippen LogP contribution in [0.5, 0.6) is 0 Å². The second-order valence-electron chi connectivity index (χ2n) is 6.23. The number of likely N-dealkylation sites (tertiary alicyclic amines) is 1. The van der Waals surface area contributed by atoms with Crippen molar-refractivity contribution >= 4 is 16.5 Å². The monoisotopic (exact) mass is 317 g/mol. The van der Waals surface area contributed by atoms with E-state index in [1.165, 1.54) is 50.9 Å². The molecule has 0 atom stereocenters. The lowest BCUT2D eigenvalue weighted by Gasteiger charge is -2.32. The first-order valence-electron chi connectivity index (χ1n) is 8.00. The average molecular weight is 317 g/mol. The van der Waals surface area contributed by atoms with E-state index in [-0.39, 0.29) is 5.82 Å². The molecule has 0 unspecified atom stereocenters. The normalized spacial score (nSPS) is 20.2. The highest BCUT2D eigenvalue weighted by Crippen LogP contribution is 2.31. The second kappa shape index (κ2) is 5.97. The molecule has 1 saturated heterocycles. The number of hydrogen-bond donors (Lipinski definition) is 1. The van der Waals surface area contributed by atoms with Crippen molar-refractivity contribution in [1.29, 1.82) is 0 Å². The Hall–Kier alpha value is -1.46. The minimum Gasteiger partial charge on any atom is -0.359 e. The Kier molecular flexibility index (Phi) is 3.84. The predicted molar refractivity (Wildman–Crippen MR) is 88.7 cm³/mol. The molecule has 0 spiro atoms. The Morgan fingerprint density at radius 3 is 2.50 bits per heavy atom. The molecule has 0 amide bonds. The number of piperidine rings is 1. The molecule has 2 aromatic rings. The third-order valence-corrected chi connectivity index (χ3v) is 5.34. The van der Waals surface area contributed by atoms with E-state index in [0.717, 1.165) is 22.4 Å². The topological polar surface area (TPSA) is 28.2 Å². The van der Waals surface area contributed by atoms with Gasteiger partial charge in [-0.2, -0.15) is 0 Å². The minimum absolute atomic E-state index is 0.209. The molecule has 1 aromatic carbocycles. The van der Waals surface area contributed by atoms with Crippen LogP contribution in [0.25, 0.3) is 11.3 Å². The molecule has 2 aliphatic rings. The maximum absolute atomic E-state index is 13.0. The van der Waals surface area contributed by atoms with Crippen LogP contribution in [-0.2, 0) is 0 Å². The Bertz CT molecular complexity index is 628. The zero-order chi connectivity index (χ0) is 14.9. The average Bonchev–Trinajstić information content (AvgIpc) is 3.29. The second-order valence-corrected chi connectivity index (χ2v) is 7.09. The summed E-state index contributed by atoms with van der Waals surface area (Å²) in [6, 6.07) is 7.93. The first kappa shape index (κ1) is 14.2. The number of nitrogens with one attached hydrogen (secondary N) is 1. The smallest absolute Gasteiger partial charge is 0.183 e. The van der Waals surface area contributed by atoms with Crippen LogP contribution < -0.4 is 5.32 Å². The van der Waals surface area contributed by atoms with Gasteiger partial charge >= 0.3 is 0 Å². The van der Waals surface area contributed by atoms with Crippen LogP contribution in [0.15, 0.2) is 29.6 Å². The Morgan fingerprint density at radius 1 is 1.09 bits per heavy atom. The third kappa shape index (κ3) is 3.15. The molecule has 1 aliphatic heterocycles. The van der Waals surface area contributed by atoms with E-state index in [4.69, 9.17) is 0 Å². The van der Waals surface area contributed by atoms with Gasteiger partial charge in [-0.1, -0.05) is 0 Å². The van der Waals surface area contributed by atoms with E-state index in [1.54, 1.807) is 23.5 Å². The molecule has 3 nitrogen and oxygen atoms in total. The van der Waals surface area contributed by atoms with Gasteiger partial charge in [0, 0.05) is 36.1 Å². The molecule has 4 rings (SSSR count). The molecule has 1 aliphatic carbocycles. The van der Waals surface area contributed by atoms with Gasteiger partial charge in [0.15, 0.2) is 5.13 Å². The van der Waals surface area contributed by atoms with Crippen LogP contribution in [0.1, 0.15) is 25.7 Å². The predicted octanol–water partition coefficient (Wildman–Crippen LogP) is 3.99. The molecule has 0 bridgehead atoms. The number of nitrogens with zero attached hydrogens (tertiary/aromatic N) is 2. The van der Waals surface area contributed by atoms with E-state index in [9.17, 15) is 4.39 Å². The Labute approximate surface area is 134 Å². The van der Waals surface area contributed by atoms with E-state index >= 15 is 0 Å². The fourth-order valence-electron chi connectivity index (χ4n) is 3.12. The van der Waals surface area contributed by atoms with Gasteiger partial charge in [-0.15, -0.1) is 11.3 Å². The maximum atomic E-state index is 13.0. The molecule has 1 aromatic heterocycles. The van der Waals surface area contributed by atoms with Crippen LogP contribution in [0.2, 0.25) is 0 Å². The SMILES string of the molecule is Fc1ccc(-c2csc(NC3CCN(C4CC4)CC3)n2)cc1. The van der Waals surface area contributed by atoms with Crippen molar-refractivity contribution in [3.05, 3.63) is 35.5 Å². The number of aromatic nitrogens is 1. The van der Waals surface area contributed by atoms with Crippen molar-refractivity contribution in [2.24, 2.45) is 0 Å². The summed E-state index contributed by atoms with van der Waals surface area (Å²) < 4.78 is 13.0. The van der Waals surface area contributed by atoms with E-state index in [1.807, 2.05) is 5.38 Å². The number of thiazole rings is 1. The molecule has 22 heavy (non-hydrogen) atoms. The van der Waals surface area contributed by atoms with Crippen LogP contribution in [0.4, 0.5) is 9.52 Å². The fourth-order valence-corrected chi connectivity index (χ4v) is 3.91. The van der Waals surface area contributed by atoms with Crippen LogP contribution in [-0.4, -0.2) is 35.1 Å². The van der Waals surface area contributed by atoms with Gasteiger partial charge < -0.3 is 10.2 Å². The highest BCUT2D eigenvalue weighted by molar-refractivity contribution is 7.14. The Balaban J connectivity index is 1.36. The highest BCUT2D eigenvalue weighted by atomic mass is 32.1. The van der Waals surface area contributed by atoms with Gasteiger partial charge in [-0.25, -0.2) is 9.37 Å². The van der Waals surface area contributed by atoms with Gasteiger partial charge in [0.2, 0.25) is 0 Å². The zero-order valence-electron chi connectivity index (χ0n) is 12.5. The summed E-state index contributed by atoms with van der Waals surface area (Å²) in [7, 11) is 0. The Morgan fingerprint density at radius 2 is 1.82 bits per heavy atom. The van der Waals surface area contributed by atoms with Crippen molar-refractivity contribution in [3.8, 4) is 11.3 Å². The van der Waals surface area contributed by atoms with Crippen molar-refractivity contribution < 1.29 is 4.39 Å². The summed E-state index contributed by atoms with van der Waals surface area (Å²) in [6.45, 7) is 2.41. The lowest BCUT2D eigenvalue weighted by Crippen LogP contribution is -2.40. The number of hydrogen-bond acceptors (Lipinski definition) is 4. The molecule has 2 fully saturated rings. The summed E-state index contributed by atoms with van der Waals surface area (Å²) in [6.07, 6.45) is 5.18. The summed E-state index contributed by atoms with van der Waals surface area (Å²) in [5.74, 6) is -0.209. The molecular formula is C17H20FN3S. The quantitative estimate of drug-likeness (QED) is 0.924. The van der Waals surface area contributed by atoms with Gasteiger partial charge in [0.25, 0.3) is 0 Å². The number of halogens is 1. The van der Waals surface area contributed by atoms with E-state index in [0.29, 0.717) is 6.04 Å².